The molecule has 6 heteroatoms. The molecule has 0 aliphatic carbocycles. The van der Waals surface area contributed by atoms with Gasteiger partial charge in [-0.2, -0.15) is 0 Å². The molecular weight excluding hydrogens is 318 g/mol. The van der Waals surface area contributed by atoms with Gasteiger partial charge in [0.25, 0.3) is 0 Å². The van der Waals surface area contributed by atoms with Gasteiger partial charge in [0.05, 0.1) is 11.0 Å². The highest BCUT2D eigenvalue weighted by Gasteiger charge is 2.26. The van der Waals surface area contributed by atoms with E-state index < -0.39 is 5.97 Å². The maximum atomic E-state index is 12.4. The lowest BCUT2D eigenvalue weighted by Crippen LogP contribution is -2.39. The minimum absolute atomic E-state index is 0.0441. The number of imidazole rings is 1. The fourth-order valence-electron chi connectivity index (χ4n) is 3.80. The lowest BCUT2D eigenvalue weighted by molar-refractivity contribution is -0.138. The summed E-state index contributed by atoms with van der Waals surface area (Å²) >= 11 is 0. The van der Waals surface area contributed by atoms with Gasteiger partial charge >= 0.3 is 5.97 Å². The van der Waals surface area contributed by atoms with Gasteiger partial charge in [-0.15, -0.1) is 0 Å². The van der Waals surface area contributed by atoms with E-state index in [1.165, 1.54) is 0 Å². The van der Waals surface area contributed by atoms with Crippen LogP contribution >= 0.6 is 0 Å². The van der Waals surface area contributed by atoms with Crippen molar-refractivity contribution in [3.05, 3.63) is 30.1 Å². The van der Waals surface area contributed by atoms with E-state index in [0.717, 1.165) is 42.8 Å². The van der Waals surface area contributed by atoms with E-state index in [9.17, 15) is 9.59 Å². The van der Waals surface area contributed by atoms with Crippen LogP contribution in [0.25, 0.3) is 11.0 Å². The number of fused-ring (bicyclic) bond motifs is 1. The third-order valence-corrected chi connectivity index (χ3v) is 5.00. The van der Waals surface area contributed by atoms with Crippen molar-refractivity contribution in [1.29, 1.82) is 0 Å². The van der Waals surface area contributed by atoms with Crippen molar-refractivity contribution in [1.82, 2.24) is 14.5 Å². The van der Waals surface area contributed by atoms with E-state index in [4.69, 9.17) is 5.11 Å². The van der Waals surface area contributed by atoms with Crippen molar-refractivity contribution in [2.45, 2.75) is 45.6 Å². The molecule has 1 amide bonds. The van der Waals surface area contributed by atoms with E-state index in [-0.39, 0.29) is 18.2 Å². The number of benzene rings is 1. The van der Waals surface area contributed by atoms with Crippen molar-refractivity contribution >= 4 is 22.9 Å². The van der Waals surface area contributed by atoms with Crippen LogP contribution in [0.1, 0.15) is 44.5 Å². The molecule has 0 saturated carbocycles. The molecule has 134 valence electrons. The van der Waals surface area contributed by atoms with Crippen LogP contribution < -0.4 is 0 Å². The topological polar surface area (TPSA) is 75.4 Å². The molecule has 2 aromatic rings. The molecule has 0 radical (unpaired) electrons. The quantitative estimate of drug-likeness (QED) is 0.905. The number of amides is 1. The fourth-order valence-corrected chi connectivity index (χ4v) is 3.80. The average Bonchev–Trinajstić information content (AvgIpc) is 2.89. The van der Waals surface area contributed by atoms with Crippen LogP contribution in [0.2, 0.25) is 0 Å². The summed E-state index contributed by atoms with van der Waals surface area (Å²) in [4.78, 5) is 29.6. The van der Waals surface area contributed by atoms with Crippen LogP contribution in [0.3, 0.4) is 0 Å². The third-order valence-electron chi connectivity index (χ3n) is 5.00. The highest BCUT2D eigenvalue weighted by Crippen LogP contribution is 2.29. The maximum Gasteiger partial charge on any atom is 0.303 e. The van der Waals surface area contributed by atoms with Gasteiger partial charge in [-0.25, -0.2) is 4.98 Å². The van der Waals surface area contributed by atoms with Crippen LogP contribution in [0.15, 0.2) is 24.3 Å². The van der Waals surface area contributed by atoms with Crippen LogP contribution in [0, 0.1) is 12.8 Å². The summed E-state index contributed by atoms with van der Waals surface area (Å²) in [7, 11) is 0. The predicted octanol–water partition coefficient (Wildman–Crippen LogP) is 3.01. The van der Waals surface area contributed by atoms with E-state index in [2.05, 4.69) is 15.6 Å². The first-order valence-corrected chi connectivity index (χ1v) is 8.89. The molecule has 1 aromatic heterocycles. The van der Waals surface area contributed by atoms with Gasteiger partial charge in [0.2, 0.25) is 5.91 Å². The number of nitrogens with zero attached hydrogens (tertiary/aromatic N) is 3. The van der Waals surface area contributed by atoms with Gasteiger partial charge in [-0.05, 0) is 37.8 Å². The molecule has 1 unspecified atom stereocenters. The summed E-state index contributed by atoms with van der Waals surface area (Å²) in [6.07, 6.45) is 2.16. The normalized spacial score (nSPS) is 17.0. The predicted molar refractivity (Wildman–Crippen MR) is 95.4 cm³/mol. The Kier molecular flexibility index (Phi) is 5.06. The summed E-state index contributed by atoms with van der Waals surface area (Å²) in [5.74, 6) is 0.115. The SMILES string of the molecule is Cc1nc2ccccc2n1C1CCN(C(=O)CC(C)CC(=O)O)CC1. The number of hydrogen-bond acceptors (Lipinski definition) is 3. The number of carbonyl (C=O) groups is 2. The Bertz CT molecular complexity index is 775. The minimum Gasteiger partial charge on any atom is -0.481 e. The molecule has 2 heterocycles. The molecule has 1 N–H and O–H groups in total. The van der Waals surface area contributed by atoms with Gasteiger partial charge in [0, 0.05) is 32.0 Å². The number of aryl methyl sites for hydroxylation is 1. The first kappa shape index (κ1) is 17.5. The zero-order chi connectivity index (χ0) is 18.0. The number of likely N-dealkylation sites (tertiary alicyclic amines) is 1. The fraction of sp³-hybridized carbons (Fsp3) is 0.526. The molecule has 1 fully saturated rings. The Labute approximate surface area is 147 Å². The summed E-state index contributed by atoms with van der Waals surface area (Å²) in [5.41, 5.74) is 2.17. The van der Waals surface area contributed by atoms with Crippen LogP contribution in [0.5, 0.6) is 0 Å². The summed E-state index contributed by atoms with van der Waals surface area (Å²) in [6.45, 7) is 5.29. The monoisotopic (exact) mass is 343 g/mol. The average molecular weight is 343 g/mol. The molecule has 6 nitrogen and oxygen atoms in total. The standard InChI is InChI=1S/C19H25N3O3/c1-13(12-19(24)25)11-18(23)21-9-7-15(8-10-21)22-14(2)20-16-5-3-4-6-17(16)22/h3-6,13,15H,7-12H2,1-2H3,(H,24,25). The summed E-state index contributed by atoms with van der Waals surface area (Å²) < 4.78 is 2.30. The van der Waals surface area contributed by atoms with Gasteiger partial charge < -0.3 is 14.6 Å². The number of carboxylic acid groups (broad SMARTS) is 1. The first-order chi connectivity index (χ1) is 12.0. The zero-order valence-corrected chi connectivity index (χ0v) is 14.8. The second kappa shape index (κ2) is 7.25. The van der Waals surface area contributed by atoms with Gasteiger partial charge in [-0.3, -0.25) is 9.59 Å². The molecule has 1 atom stereocenters. The van der Waals surface area contributed by atoms with Crippen LogP contribution in [0.4, 0.5) is 0 Å². The third kappa shape index (κ3) is 3.83. The molecule has 1 aliphatic heterocycles. The van der Waals surface area contributed by atoms with Crippen molar-refractivity contribution < 1.29 is 14.7 Å². The number of rotatable bonds is 5. The smallest absolute Gasteiger partial charge is 0.303 e. The van der Waals surface area contributed by atoms with Crippen molar-refractivity contribution in [2.24, 2.45) is 5.92 Å². The van der Waals surface area contributed by atoms with Gasteiger partial charge in [0.15, 0.2) is 0 Å². The highest BCUT2D eigenvalue weighted by molar-refractivity contribution is 5.78. The molecule has 3 rings (SSSR count). The Morgan fingerprint density at radius 3 is 2.60 bits per heavy atom. The van der Waals surface area contributed by atoms with E-state index in [1.807, 2.05) is 36.9 Å². The number of carbonyl (C=O) groups excluding carboxylic acids is 1. The van der Waals surface area contributed by atoms with Gasteiger partial charge in [-0.1, -0.05) is 19.1 Å². The van der Waals surface area contributed by atoms with Crippen molar-refractivity contribution in [3.63, 3.8) is 0 Å². The molecule has 1 aromatic carbocycles. The molecule has 0 spiro atoms. The van der Waals surface area contributed by atoms with E-state index in [1.54, 1.807) is 0 Å². The number of para-hydroxylation sites is 2. The van der Waals surface area contributed by atoms with Crippen LogP contribution in [-0.4, -0.2) is 44.5 Å². The molecule has 25 heavy (non-hydrogen) atoms. The number of piperidine rings is 1. The minimum atomic E-state index is -0.846. The summed E-state index contributed by atoms with van der Waals surface area (Å²) in [6, 6.07) is 8.51. The Balaban J connectivity index is 1.62. The molecule has 1 saturated heterocycles. The van der Waals surface area contributed by atoms with E-state index in [0.29, 0.717) is 12.5 Å². The zero-order valence-electron chi connectivity index (χ0n) is 14.8. The Morgan fingerprint density at radius 1 is 1.24 bits per heavy atom. The number of aromatic nitrogens is 2. The second-order valence-electron chi connectivity index (χ2n) is 7.04. The lowest BCUT2D eigenvalue weighted by Gasteiger charge is -2.34. The Hall–Kier alpha value is -2.37. The van der Waals surface area contributed by atoms with Crippen LogP contribution in [-0.2, 0) is 9.59 Å². The number of hydrogen-bond donors (Lipinski definition) is 1. The number of carboxylic acids is 1. The van der Waals surface area contributed by atoms with E-state index >= 15 is 0 Å². The molecular formula is C19H25N3O3. The van der Waals surface area contributed by atoms with Gasteiger partial charge in [0.1, 0.15) is 5.82 Å². The first-order valence-electron chi connectivity index (χ1n) is 8.89. The lowest BCUT2D eigenvalue weighted by atomic mass is 10.00. The molecule has 0 bridgehead atoms. The second-order valence-corrected chi connectivity index (χ2v) is 7.04. The highest BCUT2D eigenvalue weighted by atomic mass is 16.4. The largest absolute Gasteiger partial charge is 0.481 e. The summed E-state index contributed by atoms with van der Waals surface area (Å²) in [5, 5.41) is 8.83. The number of aliphatic carboxylic acids is 1. The van der Waals surface area contributed by atoms with Crippen molar-refractivity contribution in [3.8, 4) is 0 Å². The maximum absolute atomic E-state index is 12.4. The Morgan fingerprint density at radius 2 is 1.92 bits per heavy atom. The van der Waals surface area contributed by atoms with Crippen molar-refractivity contribution in [2.75, 3.05) is 13.1 Å². The molecule has 1 aliphatic rings.